The first kappa shape index (κ1) is 23.7. The molecule has 3 heterocycles. The SMILES string of the molecule is CCOCCCN(CC(=O)N1CCc2sccc2C1c1ccccc1C)C(=O)c1cccs1. The molecule has 7 heteroatoms. The molecule has 2 aromatic heterocycles. The number of ether oxygens (including phenoxy) is 1. The van der Waals surface area contributed by atoms with Crippen LogP contribution in [0.25, 0.3) is 0 Å². The van der Waals surface area contributed by atoms with Gasteiger partial charge in [-0.2, -0.15) is 0 Å². The van der Waals surface area contributed by atoms with Gasteiger partial charge in [0.05, 0.1) is 10.9 Å². The van der Waals surface area contributed by atoms with Crippen LogP contribution in [-0.2, 0) is 16.0 Å². The first-order valence-electron chi connectivity index (χ1n) is 11.4. The van der Waals surface area contributed by atoms with Crippen LogP contribution >= 0.6 is 22.7 Å². The number of benzene rings is 1. The number of rotatable bonds is 9. The first-order valence-corrected chi connectivity index (χ1v) is 13.2. The van der Waals surface area contributed by atoms with E-state index in [-0.39, 0.29) is 24.4 Å². The third kappa shape index (κ3) is 5.37. The number of aryl methyl sites for hydroxylation is 1. The van der Waals surface area contributed by atoms with Gasteiger partial charge in [0.2, 0.25) is 5.91 Å². The molecule has 1 unspecified atom stereocenters. The zero-order chi connectivity index (χ0) is 23.2. The molecular formula is C26H30N2O3S2. The number of nitrogens with zero attached hydrogens (tertiary/aromatic N) is 2. The molecule has 0 radical (unpaired) electrons. The third-order valence-corrected chi connectivity index (χ3v) is 7.89. The summed E-state index contributed by atoms with van der Waals surface area (Å²) in [6, 6.07) is 14.0. The smallest absolute Gasteiger partial charge is 0.264 e. The van der Waals surface area contributed by atoms with E-state index in [2.05, 4.69) is 30.5 Å². The lowest BCUT2D eigenvalue weighted by atomic mass is 9.90. The second kappa shape index (κ2) is 11.1. The van der Waals surface area contributed by atoms with Gasteiger partial charge in [0.1, 0.15) is 6.54 Å². The van der Waals surface area contributed by atoms with Gasteiger partial charge in [0, 0.05) is 31.2 Å². The van der Waals surface area contributed by atoms with Gasteiger partial charge in [0.15, 0.2) is 0 Å². The Balaban J connectivity index is 1.58. The molecule has 0 bridgehead atoms. The number of fused-ring (bicyclic) bond motifs is 1. The highest BCUT2D eigenvalue weighted by atomic mass is 32.1. The van der Waals surface area contributed by atoms with E-state index in [1.807, 2.05) is 41.5 Å². The Morgan fingerprint density at radius 2 is 1.94 bits per heavy atom. The summed E-state index contributed by atoms with van der Waals surface area (Å²) >= 11 is 3.17. The number of hydrogen-bond donors (Lipinski definition) is 0. The van der Waals surface area contributed by atoms with Crippen molar-refractivity contribution in [1.29, 1.82) is 0 Å². The Morgan fingerprint density at radius 1 is 1.09 bits per heavy atom. The van der Waals surface area contributed by atoms with Crippen LogP contribution in [0.4, 0.5) is 0 Å². The summed E-state index contributed by atoms with van der Waals surface area (Å²) in [4.78, 5) is 32.5. The molecule has 0 N–H and O–H groups in total. The maximum absolute atomic E-state index is 13.7. The minimum Gasteiger partial charge on any atom is -0.382 e. The summed E-state index contributed by atoms with van der Waals surface area (Å²) in [7, 11) is 0. The minimum absolute atomic E-state index is 0.0126. The van der Waals surface area contributed by atoms with Gasteiger partial charge < -0.3 is 14.5 Å². The number of thiophene rings is 2. The average molecular weight is 483 g/mol. The van der Waals surface area contributed by atoms with Crippen LogP contribution in [0.5, 0.6) is 0 Å². The Labute approximate surface area is 203 Å². The summed E-state index contributed by atoms with van der Waals surface area (Å²) < 4.78 is 5.46. The van der Waals surface area contributed by atoms with E-state index in [0.29, 0.717) is 37.6 Å². The quantitative estimate of drug-likeness (QED) is 0.396. The molecule has 5 nitrogen and oxygen atoms in total. The highest BCUT2D eigenvalue weighted by Crippen LogP contribution is 2.39. The van der Waals surface area contributed by atoms with Crippen molar-refractivity contribution < 1.29 is 14.3 Å². The van der Waals surface area contributed by atoms with Gasteiger partial charge >= 0.3 is 0 Å². The molecule has 33 heavy (non-hydrogen) atoms. The third-order valence-electron chi connectivity index (χ3n) is 6.04. The largest absolute Gasteiger partial charge is 0.382 e. The van der Waals surface area contributed by atoms with E-state index in [4.69, 9.17) is 4.74 Å². The molecule has 1 aliphatic heterocycles. The predicted molar refractivity (Wildman–Crippen MR) is 134 cm³/mol. The van der Waals surface area contributed by atoms with E-state index >= 15 is 0 Å². The zero-order valence-corrected chi connectivity index (χ0v) is 20.8. The molecule has 1 atom stereocenters. The van der Waals surface area contributed by atoms with Crippen molar-refractivity contribution in [3.05, 3.63) is 79.7 Å². The maximum Gasteiger partial charge on any atom is 0.264 e. The predicted octanol–water partition coefficient (Wildman–Crippen LogP) is 5.16. The second-order valence-corrected chi connectivity index (χ2v) is 10.1. The van der Waals surface area contributed by atoms with E-state index in [1.165, 1.54) is 27.3 Å². The Hall–Kier alpha value is -2.48. The van der Waals surface area contributed by atoms with E-state index in [9.17, 15) is 9.59 Å². The Kier molecular flexibility index (Phi) is 7.96. The number of amides is 2. The Bertz CT molecular complexity index is 1080. The molecule has 4 rings (SSSR count). The summed E-state index contributed by atoms with van der Waals surface area (Å²) in [5, 5.41) is 4.01. The summed E-state index contributed by atoms with van der Waals surface area (Å²) in [5.41, 5.74) is 3.53. The Morgan fingerprint density at radius 3 is 2.70 bits per heavy atom. The fraction of sp³-hybridized carbons (Fsp3) is 0.385. The lowest BCUT2D eigenvalue weighted by molar-refractivity contribution is -0.134. The van der Waals surface area contributed by atoms with Crippen molar-refractivity contribution in [2.24, 2.45) is 0 Å². The second-order valence-electron chi connectivity index (χ2n) is 8.15. The number of hydrogen-bond acceptors (Lipinski definition) is 5. The summed E-state index contributed by atoms with van der Waals surface area (Å²) in [6.45, 7) is 6.50. The molecule has 1 aromatic carbocycles. The first-order chi connectivity index (χ1) is 16.1. The van der Waals surface area contributed by atoms with Crippen LogP contribution in [0.15, 0.2) is 53.2 Å². The molecule has 0 saturated heterocycles. The van der Waals surface area contributed by atoms with E-state index in [0.717, 1.165) is 12.0 Å². The summed E-state index contributed by atoms with van der Waals surface area (Å²) in [6.07, 6.45) is 1.55. The lowest BCUT2D eigenvalue weighted by Crippen LogP contribution is -2.47. The van der Waals surface area contributed by atoms with Crippen molar-refractivity contribution in [2.45, 2.75) is 32.7 Å². The highest BCUT2D eigenvalue weighted by molar-refractivity contribution is 7.12. The topological polar surface area (TPSA) is 49.9 Å². The van der Waals surface area contributed by atoms with Gasteiger partial charge in [-0.05, 0) is 66.3 Å². The van der Waals surface area contributed by atoms with Gasteiger partial charge in [-0.25, -0.2) is 0 Å². The van der Waals surface area contributed by atoms with Crippen LogP contribution in [0.1, 0.15) is 50.6 Å². The van der Waals surface area contributed by atoms with Crippen molar-refractivity contribution >= 4 is 34.5 Å². The van der Waals surface area contributed by atoms with Gasteiger partial charge in [-0.15, -0.1) is 22.7 Å². The minimum atomic E-state index is -0.115. The van der Waals surface area contributed by atoms with Gasteiger partial charge in [0.25, 0.3) is 5.91 Å². The van der Waals surface area contributed by atoms with Crippen molar-refractivity contribution in [2.75, 3.05) is 32.8 Å². The molecule has 0 fully saturated rings. The van der Waals surface area contributed by atoms with Gasteiger partial charge in [-0.1, -0.05) is 30.3 Å². The lowest BCUT2D eigenvalue weighted by Gasteiger charge is -2.38. The van der Waals surface area contributed by atoms with Crippen molar-refractivity contribution in [3.63, 3.8) is 0 Å². The van der Waals surface area contributed by atoms with E-state index < -0.39 is 0 Å². The fourth-order valence-corrected chi connectivity index (χ4v) is 5.97. The average Bonchev–Trinajstić information content (AvgIpc) is 3.52. The molecule has 0 aliphatic carbocycles. The number of carbonyl (C=O) groups is 2. The molecule has 3 aromatic rings. The van der Waals surface area contributed by atoms with Crippen molar-refractivity contribution in [1.82, 2.24) is 9.80 Å². The molecule has 0 spiro atoms. The standard InChI is InChI=1S/C26H30N2O3S2/c1-3-31-15-7-13-27(26(30)23-10-6-16-32-23)18-24(29)28-14-11-22-21(12-17-33-22)25(28)20-9-5-4-8-19(20)2/h4-6,8-10,12,16-17,25H,3,7,11,13-15,18H2,1-2H3. The molecule has 174 valence electrons. The van der Waals surface area contributed by atoms with Crippen LogP contribution in [-0.4, -0.2) is 54.5 Å². The van der Waals surface area contributed by atoms with Crippen LogP contribution < -0.4 is 0 Å². The number of carbonyl (C=O) groups excluding carboxylic acids is 2. The maximum atomic E-state index is 13.7. The van der Waals surface area contributed by atoms with Crippen LogP contribution in [0.3, 0.4) is 0 Å². The van der Waals surface area contributed by atoms with Crippen LogP contribution in [0.2, 0.25) is 0 Å². The monoisotopic (exact) mass is 482 g/mol. The molecule has 2 amide bonds. The normalized spacial score (nSPS) is 15.3. The summed E-state index contributed by atoms with van der Waals surface area (Å²) in [5.74, 6) is -0.100. The van der Waals surface area contributed by atoms with E-state index in [1.54, 1.807) is 16.2 Å². The van der Waals surface area contributed by atoms with Crippen molar-refractivity contribution in [3.8, 4) is 0 Å². The van der Waals surface area contributed by atoms with Crippen LogP contribution in [0, 0.1) is 6.92 Å². The molecular weight excluding hydrogens is 452 g/mol. The highest BCUT2D eigenvalue weighted by Gasteiger charge is 2.34. The zero-order valence-electron chi connectivity index (χ0n) is 19.2. The fourth-order valence-electron chi connectivity index (χ4n) is 4.38. The van der Waals surface area contributed by atoms with Gasteiger partial charge in [-0.3, -0.25) is 9.59 Å². The molecule has 0 saturated carbocycles. The molecule has 1 aliphatic rings.